The number of aliphatic hydroxyl groups excluding tert-OH is 1. The minimum absolute atomic E-state index is 0.0334. The van der Waals surface area contributed by atoms with E-state index in [1.54, 1.807) is 23.1 Å². The zero-order valence-electron chi connectivity index (χ0n) is 24.0. The SMILES string of the molecule is C[C@@H]1CN([C@H](C)CO)C(=O)Cc2cc(NS(C)(=O)=O)ccc2O[C@@H]1CN(C)Cc1ccc(Oc2ccccc2)cc1. The van der Waals surface area contributed by atoms with Crippen molar-refractivity contribution >= 4 is 21.6 Å². The zero-order valence-corrected chi connectivity index (χ0v) is 24.8. The third-order valence-corrected chi connectivity index (χ3v) is 7.67. The maximum absolute atomic E-state index is 13.3. The number of carbonyl (C=O) groups excluding carboxylic acids is 1. The number of hydrogen-bond acceptors (Lipinski definition) is 7. The number of sulfonamides is 1. The molecule has 1 aliphatic heterocycles. The minimum Gasteiger partial charge on any atom is -0.488 e. The summed E-state index contributed by atoms with van der Waals surface area (Å²) in [5.41, 5.74) is 2.07. The minimum atomic E-state index is -3.49. The highest BCUT2D eigenvalue weighted by Crippen LogP contribution is 2.30. The number of benzene rings is 3. The van der Waals surface area contributed by atoms with Gasteiger partial charge in [0.1, 0.15) is 23.4 Å². The molecule has 3 aromatic rings. The largest absolute Gasteiger partial charge is 0.488 e. The van der Waals surface area contributed by atoms with E-state index in [-0.39, 0.29) is 37.0 Å². The van der Waals surface area contributed by atoms with Crippen molar-refractivity contribution in [2.24, 2.45) is 5.92 Å². The molecule has 0 aromatic heterocycles. The van der Waals surface area contributed by atoms with E-state index in [1.807, 2.05) is 75.5 Å². The fourth-order valence-corrected chi connectivity index (χ4v) is 5.45. The lowest BCUT2D eigenvalue weighted by atomic mass is 10.0. The van der Waals surface area contributed by atoms with Crippen molar-refractivity contribution in [1.29, 1.82) is 0 Å². The van der Waals surface area contributed by atoms with Gasteiger partial charge in [0.05, 0.1) is 25.3 Å². The van der Waals surface area contributed by atoms with E-state index >= 15 is 0 Å². The third kappa shape index (κ3) is 8.69. The van der Waals surface area contributed by atoms with Crippen LogP contribution >= 0.6 is 0 Å². The van der Waals surface area contributed by atoms with E-state index in [4.69, 9.17) is 9.47 Å². The van der Waals surface area contributed by atoms with Gasteiger partial charge in [0.15, 0.2) is 0 Å². The van der Waals surface area contributed by atoms with E-state index in [0.29, 0.717) is 36.6 Å². The summed E-state index contributed by atoms with van der Waals surface area (Å²) in [6.45, 7) is 5.39. The van der Waals surface area contributed by atoms with Crippen molar-refractivity contribution in [3.63, 3.8) is 0 Å². The first-order valence-electron chi connectivity index (χ1n) is 13.7. The van der Waals surface area contributed by atoms with Gasteiger partial charge < -0.3 is 19.5 Å². The molecule has 2 N–H and O–H groups in total. The Morgan fingerprint density at radius 1 is 1.10 bits per heavy atom. The van der Waals surface area contributed by atoms with Gasteiger partial charge in [-0.15, -0.1) is 0 Å². The van der Waals surface area contributed by atoms with Gasteiger partial charge in [0.2, 0.25) is 15.9 Å². The number of fused-ring (bicyclic) bond motifs is 1. The Hall–Kier alpha value is -3.60. The van der Waals surface area contributed by atoms with Crippen molar-refractivity contribution in [3.8, 4) is 17.2 Å². The molecule has 0 unspecified atom stereocenters. The highest BCUT2D eigenvalue weighted by atomic mass is 32.2. The lowest BCUT2D eigenvalue weighted by molar-refractivity contribution is -0.134. The number of nitrogens with zero attached hydrogens (tertiary/aromatic N) is 2. The fraction of sp³-hybridized carbons (Fsp3) is 0.387. The topological polar surface area (TPSA) is 108 Å². The maximum Gasteiger partial charge on any atom is 0.229 e. The van der Waals surface area contributed by atoms with Crippen LogP contribution in [-0.2, 0) is 27.8 Å². The van der Waals surface area contributed by atoms with Crippen molar-refractivity contribution in [2.75, 3.05) is 37.7 Å². The van der Waals surface area contributed by atoms with Crippen LogP contribution in [0.3, 0.4) is 0 Å². The van der Waals surface area contributed by atoms with Gasteiger partial charge in [0, 0.05) is 36.8 Å². The first-order valence-corrected chi connectivity index (χ1v) is 15.6. The Bertz CT molecular complexity index is 1420. The van der Waals surface area contributed by atoms with E-state index in [0.717, 1.165) is 23.3 Å². The number of likely N-dealkylation sites (N-methyl/N-ethyl adjacent to an activating group) is 1. The second kappa shape index (κ2) is 13.4. The molecule has 0 fully saturated rings. The molecule has 0 aliphatic carbocycles. The Kier molecular flexibility index (Phi) is 9.90. The van der Waals surface area contributed by atoms with E-state index in [2.05, 4.69) is 9.62 Å². The van der Waals surface area contributed by atoms with Gasteiger partial charge in [-0.25, -0.2) is 8.42 Å². The first kappa shape index (κ1) is 30.4. The molecule has 3 aromatic carbocycles. The summed E-state index contributed by atoms with van der Waals surface area (Å²) >= 11 is 0. The lowest BCUT2D eigenvalue weighted by Crippen LogP contribution is -2.47. The molecular weight excluding hydrogens is 542 g/mol. The monoisotopic (exact) mass is 581 g/mol. The van der Waals surface area contributed by atoms with Gasteiger partial charge in [-0.05, 0) is 62.0 Å². The summed E-state index contributed by atoms with van der Waals surface area (Å²) in [5, 5.41) is 9.85. The van der Waals surface area contributed by atoms with Crippen LogP contribution in [-0.4, -0.2) is 74.4 Å². The fourth-order valence-electron chi connectivity index (χ4n) is 4.90. The van der Waals surface area contributed by atoms with Crippen LogP contribution in [0.25, 0.3) is 0 Å². The summed E-state index contributed by atoms with van der Waals surface area (Å²) < 4.78 is 38.5. The summed E-state index contributed by atoms with van der Waals surface area (Å²) in [6.07, 6.45) is 0.844. The molecule has 1 aliphatic rings. The molecule has 4 rings (SSSR count). The van der Waals surface area contributed by atoms with Crippen molar-refractivity contribution in [3.05, 3.63) is 83.9 Å². The molecule has 3 atom stereocenters. The van der Waals surface area contributed by atoms with Gasteiger partial charge in [0.25, 0.3) is 0 Å². The summed E-state index contributed by atoms with van der Waals surface area (Å²) in [5.74, 6) is 1.90. The highest BCUT2D eigenvalue weighted by molar-refractivity contribution is 7.92. The second-order valence-electron chi connectivity index (χ2n) is 10.8. The standard InChI is InChI=1S/C31H39N3O6S/c1-22-18-34(23(2)21-35)31(36)17-25-16-26(32-41(4,37)38)12-15-29(25)40-30(22)20-33(3)19-24-10-13-28(14-11-24)39-27-8-6-5-7-9-27/h5-16,22-23,30,32,35H,17-21H2,1-4H3/t22-,23-,30-/m1/s1. The van der Waals surface area contributed by atoms with Crippen molar-refractivity contribution in [1.82, 2.24) is 9.80 Å². The normalized spacial score (nSPS) is 18.5. The molecule has 9 nitrogen and oxygen atoms in total. The number of aliphatic hydroxyl groups is 1. The maximum atomic E-state index is 13.3. The summed E-state index contributed by atoms with van der Waals surface area (Å²) in [7, 11) is -1.46. The van der Waals surface area contributed by atoms with Crippen LogP contribution in [0.5, 0.6) is 17.2 Å². The number of anilines is 1. The third-order valence-electron chi connectivity index (χ3n) is 7.07. The molecule has 1 amide bonds. The van der Waals surface area contributed by atoms with Gasteiger partial charge in [-0.3, -0.25) is 14.4 Å². The van der Waals surface area contributed by atoms with Crippen molar-refractivity contribution in [2.45, 2.75) is 39.0 Å². The predicted molar refractivity (Wildman–Crippen MR) is 160 cm³/mol. The van der Waals surface area contributed by atoms with Crippen LogP contribution < -0.4 is 14.2 Å². The zero-order chi connectivity index (χ0) is 29.6. The molecule has 0 radical (unpaired) electrons. The van der Waals surface area contributed by atoms with Gasteiger partial charge in [-0.1, -0.05) is 37.3 Å². The number of nitrogens with one attached hydrogen (secondary N) is 1. The quantitative estimate of drug-likeness (QED) is 0.371. The molecule has 0 saturated carbocycles. The molecule has 41 heavy (non-hydrogen) atoms. The molecule has 0 spiro atoms. The van der Waals surface area contributed by atoms with Crippen LogP contribution in [0.1, 0.15) is 25.0 Å². The molecule has 0 bridgehead atoms. The highest BCUT2D eigenvalue weighted by Gasteiger charge is 2.31. The molecule has 0 saturated heterocycles. The van der Waals surface area contributed by atoms with Crippen LogP contribution in [0.2, 0.25) is 0 Å². The van der Waals surface area contributed by atoms with Crippen LogP contribution in [0, 0.1) is 5.92 Å². The molecule has 10 heteroatoms. The second-order valence-corrected chi connectivity index (χ2v) is 12.6. The van der Waals surface area contributed by atoms with Gasteiger partial charge >= 0.3 is 0 Å². The number of amides is 1. The molecular formula is C31H39N3O6S. The van der Waals surface area contributed by atoms with E-state index < -0.39 is 10.0 Å². The molecule has 1 heterocycles. The Morgan fingerprint density at radius 3 is 2.44 bits per heavy atom. The van der Waals surface area contributed by atoms with Crippen LogP contribution in [0.15, 0.2) is 72.8 Å². The number of para-hydroxylation sites is 1. The van der Waals surface area contributed by atoms with E-state index in [1.165, 1.54) is 0 Å². The first-order chi connectivity index (χ1) is 19.5. The number of ether oxygens (including phenoxy) is 2. The predicted octanol–water partition coefficient (Wildman–Crippen LogP) is 4.13. The number of carbonyl (C=O) groups is 1. The number of hydrogen-bond donors (Lipinski definition) is 2. The average Bonchev–Trinajstić information content (AvgIpc) is 2.96. The summed E-state index contributed by atoms with van der Waals surface area (Å²) in [6, 6.07) is 22.3. The average molecular weight is 582 g/mol. The smallest absolute Gasteiger partial charge is 0.229 e. The lowest BCUT2D eigenvalue weighted by Gasteiger charge is -2.34. The Balaban J connectivity index is 1.52. The van der Waals surface area contributed by atoms with Crippen LogP contribution in [0.4, 0.5) is 5.69 Å². The van der Waals surface area contributed by atoms with Crippen molar-refractivity contribution < 1.29 is 27.8 Å². The number of rotatable bonds is 10. The van der Waals surface area contributed by atoms with Gasteiger partial charge in [-0.2, -0.15) is 0 Å². The van der Waals surface area contributed by atoms with E-state index in [9.17, 15) is 18.3 Å². The Labute approximate surface area is 242 Å². The molecule has 220 valence electrons. The Morgan fingerprint density at radius 2 is 1.78 bits per heavy atom. The summed E-state index contributed by atoms with van der Waals surface area (Å²) in [4.78, 5) is 17.2.